The van der Waals surface area contributed by atoms with Crippen molar-refractivity contribution >= 4 is 0 Å². The number of rotatable bonds is 1. The highest BCUT2D eigenvalue weighted by Gasteiger charge is 2.39. The lowest BCUT2D eigenvalue weighted by Gasteiger charge is -2.40. The SMILES string of the molecule is Cn1ccc(C2(N)COC(C)(C)OC2)n1. The highest BCUT2D eigenvalue weighted by Crippen LogP contribution is 2.27. The van der Waals surface area contributed by atoms with Crippen LogP contribution in [0.5, 0.6) is 0 Å². The molecule has 1 aliphatic heterocycles. The van der Waals surface area contributed by atoms with Gasteiger partial charge in [0.1, 0.15) is 5.54 Å². The van der Waals surface area contributed by atoms with Crippen LogP contribution >= 0.6 is 0 Å². The standard InChI is InChI=1S/C10H17N3O2/c1-9(2)14-6-10(11,7-15-9)8-4-5-13(3)12-8/h4-5H,6-7,11H2,1-3H3. The molecule has 0 aromatic carbocycles. The molecule has 5 heteroatoms. The summed E-state index contributed by atoms with van der Waals surface area (Å²) in [5.41, 5.74) is 6.37. The Bertz CT molecular complexity index is 349. The smallest absolute Gasteiger partial charge is 0.162 e. The van der Waals surface area contributed by atoms with Crippen LogP contribution < -0.4 is 5.73 Å². The van der Waals surface area contributed by atoms with Crippen LogP contribution in [-0.2, 0) is 22.1 Å². The fraction of sp³-hybridized carbons (Fsp3) is 0.700. The number of aryl methyl sites for hydroxylation is 1. The van der Waals surface area contributed by atoms with Gasteiger partial charge in [-0.2, -0.15) is 5.10 Å². The largest absolute Gasteiger partial charge is 0.348 e. The molecule has 2 rings (SSSR count). The number of hydrogen-bond acceptors (Lipinski definition) is 4. The van der Waals surface area contributed by atoms with Gasteiger partial charge in [-0.25, -0.2) is 0 Å². The quantitative estimate of drug-likeness (QED) is 0.728. The van der Waals surface area contributed by atoms with Crippen molar-refractivity contribution in [1.29, 1.82) is 0 Å². The Balaban J connectivity index is 2.16. The molecular formula is C10H17N3O2. The molecular weight excluding hydrogens is 194 g/mol. The second kappa shape index (κ2) is 3.30. The van der Waals surface area contributed by atoms with Crippen LogP contribution in [0, 0.1) is 0 Å². The van der Waals surface area contributed by atoms with E-state index in [0.717, 1.165) is 5.69 Å². The molecule has 2 heterocycles. The molecule has 0 spiro atoms. The minimum atomic E-state index is -0.628. The first-order valence-electron chi connectivity index (χ1n) is 4.98. The van der Waals surface area contributed by atoms with Crippen molar-refractivity contribution in [1.82, 2.24) is 9.78 Å². The molecule has 0 aliphatic carbocycles. The lowest BCUT2D eigenvalue weighted by atomic mass is 9.98. The molecule has 0 amide bonds. The molecule has 0 unspecified atom stereocenters. The molecule has 1 aromatic heterocycles. The molecule has 0 saturated carbocycles. The van der Waals surface area contributed by atoms with Crippen LogP contribution in [0.1, 0.15) is 19.5 Å². The Morgan fingerprint density at radius 3 is 2.47 bits per heavy atom. The molecule has 84 valence electrons. The van der Waals surface area contributed by atoms with Crippen LogP contribution in [0.3, 0.4) is 0 Å². The van der Waals surface area contributed by atoms with Gasteiger partial charge in [0.05, 0.1) is 18.9 Å². The fourth-order valence-electron chi connectivity index (χ4n) is 1.52. The van der Waals surface area contributed by atoms with Gasteiger partial charge in [0.25, 0.3) is 0 Å². The van der Waals surface area contributed by atoms with Crippen LogP contribution in [0.2, 0.25) is 0 Å². The molecule has 5 nitrogen and oxygen atoms in total. The molecule has 0 radical (unpaired) electrons. The predicted octanol–water partition coefficient (Wildman–Crippen LogP) is 0.357. The summed E-state index contributed by atoms with van der Waals surface area (Å²) in [5.74, 6) is -0.544. The summed E-state index contributed by atoms with van der Waals surface area (Å²) in [6.07, 6.45) is 1.86. The second-order valence-corrected chi connectivity index (χ2v) is 4.51. The minimum Gasteiger partial charge on any atom is -0.348 e. The van der Waals surface area contributed by atoms with Gasteiger partial charge in [-0.3, -0.25) is 4.68 Å². The number of hydrogen-bond donors (Lipinski definition) is 1. The minimum absolute atomic E-state index is 0.428. The first kappa shape index (κ1) is 10.6. The van der Waals surface area contributed by atoms with E-state index in [2.05, 4.69) is 5.10 Å². The molecule has 0 atom stereocenters. The monoisotopic (exact) mass is 211 g/mol. The van der Waals surface area contributed by atoms with Crippen molar-refractivity contribution in [3.63, 3.8) is 0 Å². The second-order valence-electron chi connectivity index (χ2n) is 4.51. The number of nitrogens with zero attached hydrogens (tertiary/aromatic N) is 2. The average Bonchev–Trinajstić information content (AvgIpc) is 2.59. The summed E-state index contributed by atoms with van der Waals surface area (Å²) in [7, 11) is 1.86. The van der Waals surface area contributed by atoms with Crippen LogP contribution in [0.25, 0.3) is 0 Å². The number of aromatic nitrogens is 2. The summed E-state index contributed by atoms with van der Waals surface area (Å²) in [6, 6.07) is 1.89. The molecule has 1 fully saturated rings. The van der Waals surface area contributed by atoms with E-state index in [4.69, 9.17) is 15.2 Å². The normalized spacial score (nSPS) is 24.0. The maximum absolute atomic E-state index is 6.19. The van der Waals surface area contributed by atoms with Gasteiger partial charge in [0.2, 0.25) is 0 Å². The summed E-state index contributed by atoms with van der Waals surface area (Å²) < 4.78 is 12.8. The topological polar surface area (TPSA) is 62.3 Å². The summed E-state index contributed by atoms with van der Waals surface area (Å²) in [5, 5.41) is 4.29. The van der Waals surface area contributed by atoms with E-state index in [9.17, 15) is 0 Å². The third-order valence-corrected chi connectivity index (χ3v) is 2.58. The Labute approximate surface area is 89.2 Å². The lowest BCUT2D eigenvalue weighted by Crippen LogP contribution is -2.54. The molecule has 1 aliphatic rings. The average molecular weight is 211 g/mol. The third-order valence-electron chi connectivity index (χ3n) is 2.58. The van der Waals surface area contributed by atoms with Gasteiger partial charge in [-0.1, -0.05) is 0 Å². The van der Waals surface area contributed by atoms with E-state index in [0.29, 0.717) is 13.2 Å². The van der Waals surface area contributed by atoms with Gasteiger partial charge in [-0.15, -0.1) is 0 Å². The van der Waals surface area contributed by atoms with Gasteiger partial charge in [-0.05, 0) is 19.9 Å². The van der Waals surface area contributed by atoms with E-state index >= 15 is 0 Å². The van der Waals surface area contributed by atoms with Crippen molar-refractivity contribution in [2.24, 2.45) is 12.8 Å². The zero-order valence-electron chi connectivity index (χ0n) is 9.36. The Hall–Kier alpha value is -0.910. The molecule has 1 saturated heterocycles. The van der Waals surface area contributed by atoms with Crippen molar-refractivity contribution in [2.45, 2.75) is 25.2 Å². The first-order valence-corrected chi connectivity index (χ1v) is 4.98. The van der Waals surface area contributed by atoms with Crippen molar-refractivity contribution in [3.05, 3.63) is 18.0 Å². The molecule has 0 bridgehead atoms. The van der Waals surface area contributed by atoms with E-state index in [1.807, 2.05) is 33.2 Å². The number of nitrogens with two attached hydrogens (primary N) is 1. The van der Waals surface area contributed by atoms with E-state index in [1.54, 1.807) is 4.68 Å². The van der Waals surface area contributed by atoms with E-state index in [-0.39, 0.29) is 0 Å². The van der Waals surface area contributed by atoms with E-state index < -0.39 is 11.3 Å². The van der Waals surface area contributed by atoms with Crippen LogP contribution in [0.4, 0.5) is 0 Å². The zero-order chi connectivity index (χ0) is 11.1. The van der Waals surface area contributed by atoms with Crippen molar-refractivity contribution < 1.29 is 9.47 Å². The van der Waals surface area contributed by atoms with Gasteiger partial charge >= 0.3 is 0 Å². The fourth-order valence-corrected chi connectivity index (χ4v) is 1.52. The number of ether oxygens (including phenoxy) is 2. The summed E-state index contributed by atoms with van der Waals surface area (Å²) >= 11 is 0. The molecule has 1 aromatic rings. The highest BCUT2D eigenvalue weighted by molar-refractivity contribution is 5.14. The van der Waals surface area contributed by atoms with Gasteiger partial charge in [0.15, 0.2) is 5.79 Å². The molecule has 2 N–H and O–H groups in total. The zero-order valence-corrected chi connectivity index (χ0v) is 9.36. The predicted molar refractivity (Wildman–Crippen MR) is 55.1 cm³/mol. The summed E-state index contributed by atoms with van der Waals surface area (Å²) in [4.78, 5) is 0. The lowest BCUT2D eigenvalue weighted by molar-refractivity contribution is -0.269. The van der Waals surface area contributed by atoms with Gasteiger partial charge in [0, 0.05) is 13.2 Å². The summed E-state index contributed by atoms with van der Waals surface area (Å²) in [6.45, 7) is 4.62. The Morgan fingerprint density at radius 1 is 1.40 bits per heavy atom. The third kappa shape index (κ3) is 2.04. The Kier molecular flexibility index (Phi) is 2.33. The first-order chi connectivity index (χ1) is 6.91. The Morgan fingerprint density at radius 2 is 2.00 bits per heavy atom. The van der Waals surface area contributed by atoms with Crippen LogP contribution in [-0.4, -0.2) is 28.8 Å². The van der Waals surface area contributed by atoms with Gasteiger partial charge < -0.3 is 15.2 Å². The molecule has 15 heavy (non-hydrogen) atoms. The highest BCUT2D eigenvalue weighted by atomic mass is 16.7. The maximum Gasteiger partial charge on any atom is 0.162 e. The van der Waals surface area contributed by atoms with E-state index in [1.165, 1.54) is 0 Å². The van der Waals surface area contributed by atoms with Crippen molar-refractivity contribution in [2.75, 3.05) is 13.2 Å². The van der Waals surface area contributed by atoms with Crippen molar-refractivity contribution in [3.8, 4) is 0 Å². The van der Waals surface area contributed by atoms with Crippen LogP contribution in [0.15, 0.2) is 12.3 Å². The maximum atomic E-state index is 6.19.